The van der Waals surface area contributed by atoms with E-state index in [9.17, 15) is 4.79 Å². The van der Waals surface area contributed by atoms with E-state index >= 15 is 0 Å². The standard InChI is InChI=1S/C12H21NOS/c1-3-11(14)10-9-15-12(13(10)2)7-5-4-6-8-12/h10H,3-9H2,1-2H3. The largest absolute Gasteiger partial charge is 0.298 e. The Labute approximate surface area is 96.8 Å². The van der Waals surface area contributed by atoms with Crippen molar-refractivity contribution < 1.29 is 4.79 Å². The molecule has 2 fully saturated rings. The Hall–Kier alpha value is -0.0200. The van der Waals surface area contributed by atoms with Gasteiger partial charge in [0, 0.05) is 12.2 Å². The van der Waals surface area contributed by atoms with Crippen molar-refractivity contribution in [3.05, 3.63) is 0 Å². The van der Waals surface area contributed by atoms with Gasteiger partial charge in [0.15, 0.2) is 5.78 Å². The fourth-order valence-corrected chi connectivity index (χ4v) is 4.66. The van der Waals surface area contributed by atoms with Crippen LogP contribution in [-0.2, 0) is 4.79 Å². The van der Waals surface area contributed by atoms with Crippen molar-refractivity contribution in [3.8, 4) is 0 Å². The molecule has 1 heterocycles. The number of Topliss-reactive ketones (excluding diaryl/α,β-unsaturated/α-hetero) is 1. The monoisotopic (exact) mass is 227 g/mol. The van der Waals surface area contributed by atoms with Gasteiger partial charge in [0.2, 0.25) is 0 Å². The Morgan fingerprint density at radius 2 is 2.07 bits per heavy atom. The first kappa shape index (κ1) is 11.5. The maximum Gasteiger partial charge on any atom is 0.150 e. The number of ketones is 1. The summed E-state index contributed by atoms with van der Waals surface area (Å²) in [5.41, 5.74) is 0. The zero-order valence-electron chi connectivity index (χ0n) is 9.79. The van der Waals surface area contributed by atoms with Gasteiger partial charge >= 0.3 is 0 Å². The highest BCUT2D eigenvalue weighted by Gasteiger charge is 2.46. The molecule has 0 N–H and O–H groups in total. The van der Waals surface area contributed by atoms with Crippen LogP contribution >= 0.6 is 11.8 Å². The minimum absolute atomic E-state index is 0.193. The van der Waals surface area contributed by atoms with E-state index in [4.69, 9.17) is 0 Å². The van der Waals surface area contributed by atoms with Crippen LogP contribution in [0.5, 0.6) is 0 Å². The molecular weight excluding hydrogens is 206 g/mol. The van der Waals surface area contributed by atoms with Crippen LogP contribution < -0.4 is 0 Å². The second-order valence-electron chi connectivity index (χ2n) is 4.76. The number of likely N-dealkylation sites (N-methyl/N-ethyl adjacent to an activating group) is 1. The SMILES string of the molecule is CCC(=O)C1CSC2(CCCCC2)N1C. The van der Waals surface area contributed by atoms with Crippen molar-refractivity contribution in [2.75, 3.05) is 12.8 Å². The first-order valence-corrected chi connectivity index (χ1v) is 7.08. The lowest BCUT2D eigenvalue weighted by molar-refractivity contribution is -0.123. The van der Waals surface area contributed by atoms with E-state index in [-0.39, 0.29) is 6.04 Å². The second-order valence-corrected chi connectivity index (χ2v) is 6.15. The lowest BCUT2D eigenvalue weighted by atomic mass is 9.92. The van der Waals surface area contributed by atoms with Gasteiger partial charge in [0.25, 0.3) is 0 Å². The molecule has 15 heavy (non-hydrogen) atoms. The molecule has 1 saturated heterocycles. The van der Waals surface area contributed by atoms with E-state index in [1.807, 2.05) is 18.7 Å². The molecule has 2 rings (SSSR count). The summed E-state index contributed by atoms with van der Waals surface area (Å²) in [4.78, 5) is 14.5. The molecule has 1 saturated carbocycles. The second kappa shape index (κ2) is 4.46. The first-order valence-electron chi connectivity index (χ1n) is 6.09. The van der Waals surface area contributed by atoms with E-state index in [1.165, 1.54) is 32.1 Å². The molecule has 0 amide bonds. The molecule has 2 nitrogen and oxygen atoms in total. The molecule has 3 heteroatoms. The van der Waals surface area contributed by atoms with Crippen LogP contribution in [0.25, 0.3) is 0 Å². The third kappa shape index (κ3) is 1.96. The smallest absolute Gasteiger partial charge is 0.150 e. The van der Waals surface area contributed by atoms with E-state index < -0.39 is 0 Å². The number of carbonyl (C=O) groups is 1. The van der Waals surface area contributed by atoms with Crippen molar-refractivity contribution in [1.82, 2.24) is 4.90 Å². The fraction of sp³-hybridized carbons (Fsp3) is 0.917. The van der Waals surface area contributed by atoms with E-state index in [0.29, 0.717) is 17.1 Å². The van der Waals surface area contributed by atoms with Gasteiger partial charge in [0.1, 0.15) is 0 Å². The first-order chi connectivity index (χ1) is 7.19. The zero-order chi connectivity index (χ0) is 10.9. The van der Waals surface area contributed by atoms with Crippen molar-refractivity contribution in [1.29, 1.82) is 0 Å². The van der Waals surface area contributed by atoms with Crippen LogP contribution in [-0.4, -0.2) is 34.4 Å². The molecule has 0 bridgehead atoms. The molecule has 1 atom stereocenters. The summed E-state index contributed by atoms with van der Waals surface area (Å²) in [7, 11) is 2.16. The van der Waals surface area contributed by atoms with E-state index in [1.54, 1.807) is 0 Å². The topological polar surface area (TPSA) is 20.3 Å². The third-order valence-corrected chi connectivity index (χ3v) is 5.69. The van der Waals surface area contributed by atoms with Gasteiger partial charge in [-0.1, -0.05) is 26.2 Å². The summed E-state index contributed by atoms with van der Waals surface area (Å²) in [5, 5.41) is 0. The molecule has 1 spiro atoms. The van der Waals surface area contributed by atoms with Gasteiger partial charge in [-0.2, -0.15) is 0 Å². The molecule has 2 aliphatic rings. The maximum absolute atomic E-state index is 11.8. The van der Waals surface area contributed by atoms with Crippen molar-refractivity contribution in [2.45, 2.75) is 56.4 Å². The summed E-state index contributed by atoms with van der Waals surface area (Å²) >= 11 is 2.03. The van der Waals surface area contributed by atoms with Crippen LogP contribution in [0.3, 0.4) is 0 Å². The normalized spacial score (nSPS) is 30.9. The number of hydrogen-bond donors (Lipinski definition) is 0. The maximum atomic E-state index is 11.8. The number of carbonyl (C=O) groups excluding carboxylic acids is 1. The van der Waals surface area contributed by atoms with Crippen LogP contribution in [0, 0.1) is 0 Å². The Morgan fingerprint density at radius 1 is 1.40 bits per heavy atom. The average molecular weight is 227 g/mol. The predicted molar refractivity (Wildman–Crippen MR) is 65.1 cm³/mol. The highest BCUT2D eigenvalue weighted by molar-refractivity contribution is 8.00. The summed E-state index contributed by atoms with van der Waals surface area (Å²) in [6.45, 7) is 1.98. The molecule has 0 aromatic heterocycles. The highest BCUT2D eigenvalue weighted by atomic mass is 32.2. The van der Waals surface area contributed by atoms with Gasteiger partial charge in [-0.25, -0.2) is 0 Å². The molecular formula is C12H21NOS. The van der Waals surface area contributed by atoms with Crippen LogP contribution in [0.2, 0.25) is 0 Å². The Balaban J connectivity index is 2.08. The summed E-state index contributed by atoms with van der Waals surface area (Å²) in [6, 6.07) is 0.193. The highest BCUT2D eigenvalue weighted by Crippen LogP contribution is 2.48. The number of hydrogen-bond acceptors (Lipinski definition) is 3. The zero-order valence-corrected chi connectivity index (χ0v) is 10.6. The molecule has 1 aliphatic heterocycles. The summed E-state index contributed by atoms with van der Waals surface area (Å²) < 4.78 is 0. The minimum atomic E-state index is 0.193. The van der Waals surface area contributed by atoms with Crippen molar-refractivity contribution in [3.63, 3.8) is 0 Å². The number of nitrogens with zero attached hydrogens (tertiary/aromatic N) is 1. The molecule has 0 aromatic rings. The van der Waals surface area contributed by atoms with Gasteiger partial charge in [-0.3, -0.25) is 9.69 Å². The van der Waals surface area contributed by atoms with Gasteiger partial charge in [-0.15, -0.1) is 11.8 Å². The fourth-order valence-electron chi connectivity index (χ4n) is 2.88. The van der Waals surface area contributed by atoms with Crippen LogP contribution in [0.1, 0.15) is 45.4 Å². The van der Waals surface area contributed by atoms with E-state index in [0.717, 1.165) is 5.75 Å². The molecule has 0 radical (unpaired) electrons. The lowest BCUT2D eigenvalue weighted by Crippen LogP contribution is -2.47. The van der Waals surface area contributed by atoms with E-state index in [2.05, 4.69) is 11.9 Å². The van der Waals surface area contributed by atoms with Crippen LogP contribution in [0.15, 0.2) is 0 Å². The summed E-state index contributed by atoms with van der Waals surface area (Å²) in [6.07, 6.45) is 7.30. The minimum Gasteiger partial charge on any atom is -0.298 e. The lowest BCUT2D eigenvalue weighted by Gasteiger charge is -2.40. The Kier molecular flexibility index (Phi) is 3.41. The Morgan fingerprint density at radius 3 is 2.67 bits per heavy atom. The number of thioether (sulfide) groups is 1. The quantitative estimate of drug-likeness (QED) is 0.723. The van der Waals surface area contributed by atoms with Crippen molar-refractivity contribution in [2.24, 2.45) is 0 Å². The van der Waals surface area contributed by atoms with Gasteiger partial charge < -0.3 is 0 Å². The predicted octanol–water partition coefficient (Wildman–Crippen LogP) is 2.67. The van der Waals surface area contributed by atoms with Crippen molar-refractivity contribution >= 4 is 17.5 Å². The van der Waals surface area contributed by atoms with Gasteiger partial charge in [-0.05, 0) is 19.9 Å². The van der Waals surface area contributed by atoms with Gasteiger partial charge in [0.05, 0.1) is 10.9 Å². The number of rotatable bonds is 2. The molecule has 86 valence electrons. The molecule has 1 aliphatic carbocycles. The average Bonchev–Trinajstić information content (AvgIpc) is 2.58. The molecule has 0 aromatic carbocycles. The summed E-state index contributed by atoms with van der Waals surface area (Å²) in [5.74, 6) is 1.44. The Bertz CT molecular complexity index is 248. The third-order valence-electron chi connectivity index (χ3n) is 3.98. The van der Waals surface area contributed by atoms with Crippen LogP contribution in [0.4, 0.5) is 0 Å². The molecule has 1 unspecified atom stereocenters.